The molecule has 260 valence electrons. The second-order valence-corrected chi connectivity index (χ2v) is 13.4. The number of hydrogen-bond acceptors (Lipinski definition) is 8. The fourth-order valence-corrected chi connectivity index (χ4v) is 7.73. The highest BCUT2D eigenvalue weighted by Crippen LogP contribution is 2.42. The largest absolute Gasteiger partial charge is 0.493 e. The molecule has 2 atom stereocenters. The van der Waals surface area contributed by atoms with Gasteiger partial charge in [-0.15, -0.1) is 0 Å². The van der Waals surface area contributed by atoms with Gasteiger partial charge in [-0.1, -0.05) is 54.6 Å². The van der Waals surface area contributed by atoms with Crippen molar-refractivity contribution in [2.24, 2.45) is 4.99 Å². The minimum atomic E-state index is -0.141. The van der Waals surface area contributed by atoms with Crippen LogP contribution in [0, 0.1) is 0 Å². The molecule has 4 aliphatic rings. The Hall–Kier alpha value is -6.29. The summed E-state index contributed by atoms with van der Waals surface area (Å²) in [5, 5.41) is 3.49. The Morgan fingerprint density at radius 3 is 2.00 bits per heavy atom. The summed E-state index contributed by atoms with van der Waals surface area (Å²) in [4.78, 5) is 36.0. The van der Waals surface area contributed by atoms with Gasteiger partial charge in [0.05, 0.1) is 48.8 Å². The van der Waals surface area contributed by atoms with E-state index < -0.39 is 0 Å². The Balaban J connectivity index is 0.903. The highest BCUT2D eigenvalue weighted by atomic mass is 16.5. The number of hydrogen-bond donors (Lipinski definition) is 1. The molecule has 0 unspecified atom stereocenters. The molecular weight excluding hydrogens is 656 g/mol. The van der Waals surface area contributed by atoms with Crippen molar-refractivity contribution in [2.45, 2.75) is 38.1 Å². The number of nitrogens with zero attached hydrogens (tertiary/aromatic N) is 3. The van der Waals surface area contributed by atoms with Crippen molar-refractivity contribution in [1.29, 1.82) is 0 Å². The van der Waals surface area contributed by atoms with Gasteiger partial charge in [-0.3, -0.25) is 19.5 Å². The van der Waals surface area contributed by atoms with E-state index in [0.717, 1.165) is 46.6 Å². The third kappa shape index (κ3) is 5.38. The van der Waals surface area contributed by atoms with Gasteiger partial charge in [0, 0.05) is 42.7 Å². The van der Waals surface area contributed by atoms with Crippen LogP contribution in [0.3, 0.4) is 0 Å². The summed E-state index contributed by atoms with van der Waals surface area (Å²) < 4.78 is 24.0. The molecule has 0 radical (unpaired) electrons. The van der Waals surface area contributed by atoms with Crippen molar-refractivity contribution in [2.75, 3.05) is 35.9 Å². The Morgan fingerprint density at radius 2 is 1.29 bits per heavy atom. The molecule has 0 fully saturated rings. The number of nitrogens with one attached hydrogen (secondary N) is 1. The van der Waals surface area contributed by atoms with E-state index in [2.05, 4.69) is 17.4 Å². The fraction of sp³-hybridized carbons (Fsp3) is 0.214. The lowest BCUT2D eigenvalue weighted by Crippen LogP contribution is -2.39. The minimum Gasteiger partial charge on any atom is -0.493 e. The van der Waals surface area contributed by atoms with Crippen molar-refractivity contribution < 1.29 is 28.5 Å². The first-order valence-corrected chi connectivity index (χ1v) is 17.4. The molecule has 52 heavy (non-hydrogen) atoms. The number of amides is 2. The summed E-state index contributed by atoms with van der Waals surface area (Å²) in [5.41, 5.74) is 8.35. The molecule has 0 bridgehead atoms. The summed E-state index contributed by atoms with van der Waals surface area (Å²) in [7, 11) is 3.14. The first-order chi connectivity index (χ1) is 25.5. The third-order valence-corrected chi connectivity index (χ3v) is 10.3. The van der Waals surface area contributed by atoms with Crippen LogP contribution in [0.4, 0.5) is 22.7 Å². The van der Waals surface area contributed by atoms with Gasteiger partial charge in [0.2, 0.25) is 0 Å². The minimum absolute atomic E-state index is 0.0366. The SMILES string of the molecule is COc1cc2c(cc1OCc1cccc(COc3cc4c(cc3OC)C(=O)N3c5ccccc5C[C@H]3CN4)c1)N=C[C@@H]1Cc3ccccc3N1C2=O. The molecule has 9 rings (SSSR count). The van der Waals surface area contributed by atoms with Gasteiger partial charge in [-0.2, -0.15) is 0 Å². The van der Waals surface area contributed by atoms with Gasteiger partial charge in [0.15, 0.2) is 23.0 Å². The number of carbonyl (C=O) groups is 2. The molecule has 4 heterocycles. The predicted molar refractivity (Wildman–Crippen MR) is 199 cm³/mol. The number of aliphatic imine (C=N–C) groups is 1. The summed E-state index contributed by atoms with van der Waals surface area (Å²) in [6.07, 6.45) is 3.38. The van der Waals surface area contributed by atoms with Crippen LogP contribution >= 0.6 is 0 Å². The number of benzene rings is 5. The maximum atomic E-state index is 13.8. The van der Waals surface area contributed by atoms with E-state index in [1.54, 1.807) is 32.4 Å². The first-order valence-electron chi connectivity index (χ1n) is 17.4. The molecule has 0 spiro atoms. The smallest absolute Gasteiger partial charge is 0.261 e. The lowest BCUT2D eigenvalue weighted by atomic mass is 10.1. The van der Waals surface area contributed by atoms with Gasteiger partial charge in [0.1, 0.15) is 13.2 Å². The van der Waals surface area contributed by atoms with E-state index >= 15 is 0 Å². The highest BCUT2D eigenvalue weighted by Gasteiger charge is 2.38. The maximum Gasteiger partial charge on any atom is 0.261 e. The van der Waals surface area contributed by atoms with Crippen LogP contribution in [-0.4, -0.2) is 50.9 Å². The van der Waals surface area contributed by atoms with Crippen LogP contribution in [-0.2, 0) is 26.1 Å². The third-order valence-electron chi connectivity index (χ3n) is 10.3. The molecule has 0 aromatic heterocycles. The summed E-state index contributed by atoms with van der Waals surface area (Å²) >= 11 is 0. The van der Waals surface area contributed by atoms with Crippen LogP contribution in [0.5, 0.6) is 23.0 Å². The zero-order chi connectivity index (χ0) is 35.3. The van der Waals surface area contributed by atoms with Crippen molar-refractivity contribution >= 4 is 40.8 Å². The van der Waals surface area contributed by atoms with Crippen LogP contribution in [0.25, 0.3) is 0 Å². The van der Waals surface area contributed by atoms with E-state index in [0.29, 0.717) is 46.4 Å². The predicted octanol–water partition coefficient (Wildman–Crippen LogP) is 7.15. The van der Waals surface area contributed by atoms with Gasteiger partial charge < -0.3 is 29.2 Å². The number of carbonyl (C=O) groups excluding carboxylic acids is 2. The number of anilines is 3. The molecule has 0 saturated carbocycles. The van der Waals surface area contributed by atoms with E-state index in [-0.39, 0.29) is 37.1 Å². The second-order valence-electron chi connectivity index (χ2n) is 13.4. The lowest BCUT2D eigenvalue weighted by Gasteiger charge is -2.22. The monoisotopic (exact) mass is 692 g/mol. The Bertz CT molecular complexity index is 2290. The molecule has 0 aliphatic carbocycles. The van der Waals surface area contributed by atoms with Gasteiger partial charge in [-0.25, -0.2) is 0 Å². The Morgan fingerprint density at radius 1 is 0.673 bits per heavy atom. The second kappa shape index (κ2) is 12.8. The van der Waals surface area contributed by atoms with E-state index in [1.165, 1.54) is 5.56 Å². The van der Waals surface area contributed by atoms with Crippen LogP contribution < -0.4 is 34.1 Å². The van der Waals surface area contributed by atoms with Gasteiger partial charge >= 0.3 is 0 Å². The average molecular weight is 693 g/mol. The van der Waals surface area contributed by atoms with Crippen molar-refractivity contribution in [3.05, 3.63) is 130 Å². The average Bonchev–Trinajstić information content (AvgIpc) is 3.67. The topological polar surface area (TPSA) is 102 Å². The number of ether oxygens (including phenoxy) is 4. The molecule has 1 N–H and O–H groups in total. The maximum absolute atomic E-state index is 13.8. The molecule has 5 aromatic rings. The van der Waals surface area contributed by atoms with Gasteiger partial charge in [-0.05, 0) is 59.0 Å². The summed E-state index contributed by atoms with van der Waals surface area (Å²) in [5.74, 6) is 1.82. The summed E-state index contributed by atoms with van der Waals surface area (Å²) in [6.45, 7) is 1.17. The van der Waals surface area contributed by atoms with E-state index in [4.69, 9.17) is 23.9 Å². The zero-order valence-electron chi connectivity index (χ0n) is 28.8. The molecule has 10 nitrogen and oxygen atoms in total. The van der Waals surface area contributed by atoms with Crippen LogP contribution in [0.1, 0.15) is 43.0 Å². The number of para-hydroxylation sites is 2. The molecule has 5 aromatic carbocycles. The van der Waals surface area contributed by atoms with Crippen molar-refractivity contribution in [3.63, 3.8) is 0 Å². The van der Waals surface area contributed by atoms with Crippen LogP contribution in [0.15, 0.2) is 102 Å². The Labute approximate surface area is 301 Å². The molecule has 10 heteroatoms. The zero-order valence-corrected chi connectivity index (χ0v) is 28.8. The van der Waals surface area contributed by atoms with E-state index in [1.807, 2.05) is 82.7 Å². The standard InChI is InChI=1S/C42H36N4O6/c1-49-37-17-31-33(43-21-29-15-27-10-3-5-12-35(27)45(29)41(31)47)19-39(37)51-23-25-8-7-9-26(14-25)24-52-40-20-34-32(18-38(40)50-2)42(48)46-30(22-44-34)16-28-11-4-6-13-36(28)46/h3-14,17-21,29-30,44H,15-16,22-24H2,1-2H3/t29-,30-/m0/s1. The Kier molecular flexibility index (Phi) is 7.79. The van der Waals surface area contributed by atoms with E-state index in [9.17, 15) is 9.59 Å². The fourth-order valence-electron chi connectivity index (χ4n) is 7.73. The highest BCUT2D eigenvalue weighted by molar-refractivity contribution is 6.15. The lowest BCUT2D eigenvalue weighted by molar-refractivity contribution is 0.0976. The molecular formula is C42H36N4O6. The van der Waals surface area contributed by atoms with Crippen molar-refractivity contribution in [3.8, 4) is 23.0 Å². The van der Waals surface area contributed by atoms with Crippen molar-refractivity contribution in [1.82, 2.24) is 0 Å². The summed E-state index contributed by atoms with van der Waals surface area (Å²) in [6, 6.07) is 31.0. The quantitative estimate of drug-likeness (QED) is 0.184. The molecule has 2 amide bonds. The normalized spacial score (nSPS) is 17.8. The molecule has 4 aliphatic heterocycles. The first kappa shape index (κ1) is 31.7. The molecule has 0 saturated heterocycles. The number of fused-ring (bicyclic) bond motifs is 8. The number of rotatable bonds is 8. The number of methoxy groups -OCH3 is 2. The van der Waals surface area contributed by atoms with Crippen LogP contribution in [0.2, 0.25) is 0 Å². The van der Waals surface area contributed by atoms with Gasteiger partial charge in [0.25, 0.3) is 11.8 Å².